The summed E-state index contributed by atoms with van der Waals surface area (Å²) in [6.07, 6.45) is 0. The average molecular weight is 529 g/mol. The predicted octanol–water partition coefficient (Wildman–Crippen LogP) is 9.26. The molecule has 0 atom stereocenters. The van der Waals surface area contributed by atoms with Crippen LogP contribution in [0.2, 0.25) is 0 Å². The van der Waals surface area contributed by atoms with Crippen LogP contribution in [0, 0.1) is 0 Å². The van der Waals surface area contributed by atoms with Crippen molar-refractivity contribution in [2.75, 3.05) is 0 Å². The minimum absolute atomic E-state index is 0.620. The topological polar surface area (TPSA) is 43.6 Å². The van der Waals surface area contributed by atoms with E-state index < -0.39 is 0 Å². The van der Waals surface area contributed by atoms with Crippen LogP contribution in [-0.2, 0) is 0 Å². The fourth-order valence-corrected chi connectivity index (χ4v) is 7.17. The largest absolute Gasteiger partial charge is 0.262 e. The van der Waals surface area contributed by atoms with Gasteiger partial charge >= 0.3 is 0 Å². The van der Waals surface area contributed by atoms with Gasteiger partial charge in [0, 0.05) is 42.1 Å². The molecule has 0 saturated heterocycles. The summed E-state index contributed by atoms with van der Waals surface area (Å²) < 4.78 is 4.67. The van der Waals surface area contributed by atoms with Crippen molar-refractivity contribution < 1.29 is 0 Å². The first-order valence-corrected chi connectivity index (χ1v) is 14.1. The first-order chi connectivity index (χ1) is 19.8. The SMILES string of the molecule is c1ccc2c(c1)cc1c3ccccc3nc-1n2-c1nc(-c2cccc3sc4ccccc4c23)c2ccccc2n1. The lowest BCUT2D eigenvalue weighted by atomic mass is 10.0. The summed E-state index contributed by atoms with van der Waals surface area (Å²) in [5.74, 6) is 1.48. The molecule has 0 fully saturated rings. The Labute approximate surface area is 233 Å². The number of rotatable bonds is 2. The Kier molecular flexibility index (Phi) is 4.45. The van der Waals surface area contributed by atoms with Gasteiger partial charge in [0.2, 0.25) is 5.95 Å². The van der Waals surface area contributed by atoms with Crippen molar-refractivity contribution in [3.05, 3.63) is 121 Å². The van der Waals surface area contributed by atoms with E-state index in [1.54, 1.807) is 0 Å². The van der Waals surface area contributed by atoms with Gasteiger partial charge < -0.3 is 0 Å². The number of fused-ring (bicyclic) bond motifs is 8. The third-order valence-electron chi connectivity index (χ3n) is 7.80. The van der Waals surface area contributed by atoms with Gasteiger partial charge in [0.15, 0.2) is 0 Å². The van der Waals surface area contributed by atoms with Crippen LogP contribution >= 0.6 is 11.3 Å². The lowest BCUT2D eigenvalue weighted by molar-refractivity contribution is 0.962. The highest BCUT2D eigenvalue weighted by molar-refractivity contribution is 7.25. The molecule has 0 spiro atoms. The van der Waals surface area contributed by atoms with E-state index in [0.29, 0.717) is 5.95 Å². The molecule has 0 unspecified atom stereocenters. The second kappa shape index (κ2) is 8.18. The average Bonchev–Trinajstić information content (AvgIpc) is 3.57. The van der Waals surface area contributed by atoms with Crippen molar-refractivity contribution in [1.29, 1.82) is 0 Å². The second-order valence-electron chi connectivity index (χ2n) is 10.1. The molecule has 5 aromatic carbocycles. The Morgan fingerprint density at radius 3 is 2.12 bits per heavy atom. The minimum Gasteiger partial charge on any atom is -0.262 e. The predicted molar refractivity (Wildman–Crippen MR) is 167 cm³/mol. The molecule has 7 aromatic rings. The van der Waals surface area contributed by atoms with E-state index in [9.17, 15) is 0 Å². The number of para-hydroxylation sites is 3. The molecular weight excluding hydrogens is 508 g/mol. The first kappa shape index (κ1) is 21.8. The van der Waals surface area contributed by atoms with Crippen molar-refractivity contribution in [2.45, 2.75) is 0 Å². The molecular formula is C35H20N4S. The molecule has 5 heteroatoms. The number of hydrogen-bond acceptors (Lipinski definition) is 4. The Morgan fingerprint density at radius 1 is 0.525 bits per heavy atom. The number of benzene rings is 5. The maximum Gasteiger partial charge on any atom is 0.237 e. The van der Waals surface area contributed by atoms with Crippen molar-refractivity contribution >= 4 is 64.2 Å². The monoisotopic (exact) mass is 528 g/mol. The molecule has 0 saturated carbocycles. The van der Waals surface area contributed by atoms with Crippen LogP contribution in [0.3, 0.4) is 0 Å². The Balaban J connectivity index is 1.43. The van der Waals surface area contributed by atoms with Gasteiger partial charge in [-0.2, -0.15) is 0 Å². The first-order valence-electron chi connectivity index (χ1n) is 13.3. The molecule has 40 heavy (non-hydrogen) atoms. The lowest BCUT2D eigenvalue weighted by Crippen LogP contribution is -2.08. The molecule has 2 aliphatic rings. The number of aromatic nitrogens is 4. The molecule has 9 rings (SSSR count). The number of pyridine rings is 1. The normalized spacial score (nSPS) is 12.0. The van der Waals surface area contributed by atoms with Gasteiger partial charge in [-0.25, -0.2) is 15.0 Å². The zero-order chi connectivity index (χ0) is 26.2. The van der Waals surface area contributed by atoms with Crippen molar-refractivity contribution in [2.24, 2.45) is 0 Å². The molecule has 0 radical (unpaired) electrons. The van der Waals surface area contributed by atoms with E-state index >= 15 is 0 Å². The van der Waals surface area contributed by atoms with Gasteiger partial charge in [-0.15, -0.1) is 11.3 Å². The fraction of sp³-hybridized carbons (Fsp3) is 0. The molecule has 2 aliphatic heterocycles. The van der Waals surface area contributed by atoms with Crippen LogP contribution < -0.4 is 0 Å². The quantitative estimate of drug-likeness (QED) is 0.225. The molecule has 4 heterocycles. The fourth-order valence-electron chi connectivity index (χ4n) is 6.03. The summed E-state index contributed by atoms with van der Waals surface area (Å²) in [6, 6.07) is 42.4. The number of nitrogens with zero attached hydrogens (tertiary/aromatic N) is 4. The Bertz CT molecular complexity index is 2400. The third-order valence-corrected chi connectivity index (χ3v) is 8.94. The van der Waals surface area contributed by atoms with Gasteiger partial charge in [-0.05, 0) is 41.8 Å². The molecule has 0 aliphatic carbocycles. The lowest BCUT2D eigenvalue weighted by Gasteiger charge is -2.17. The molecule has 0 amide bonds. The molecule has 0 bridgehead atoms. The molecule has 0 N–H and O–H groups in total. The summed E-state index contributed by atoms with van der Waals surface area (Å²) in [4.78, 5) is 15.6. The van der Waals surface area contributed by atoms with Crippen LogP contribution in [0.15, 0.2) is 121 Å². The zero-order valence-electron chi connectivity index (χ0n) is 21.2. The summed E-state index contributed by atoms with van der Waals surface area (Å²) in [7, 11) is 0. The Hall–Kier alpha value is -5.13. The molecule has 4 nitrogen and oxygen atoms in total. The standard InChI is InChI=1S/C35H20N4S/c1-7-17-29-21(10-1)20-26-22-11-2-5-15-27(22)36-34(26)39(29)35-37-28-16-6-3-12-23(28)33(38-35)25-14-9-19-31-32(25)24-13-4-8-18-30(24)40-31/h1-20H. The van der Waals surface area contributed by atoms with E-state index in [0.717, 1.165) is 55.4 Å². The van der Waals surface area contributed by atoms with Gasteiger partial charge in [0.05, 0.1) is 22.2 Å². The maximum absolute atomic E-state index is 5.36. The van der Waals surface area contributed by atoms with Crippen LogP contribution in [0.4, 0.5) is 0 Å². The minimum atomic E-state index is 0.620. The maximum atomic E-state index is 5.36. The molecule has 2 aromatic heterocycles. The van der Waals surface area contributed by atoms with E-state index in [1.807, 2.05) is 23.5 Å². The van der Waals surface area contributed by atoms with Crippen molar-refractivity contribution in [3.63, 3.8) is 0 Å². The highest BCUT2D eigenvalue weighted by atomic mass is 32.1. The number of thiophene rings is 1. The zero-order valence-corrected chi connectivity index (χ0v) is 22.1. The van der Waals surface area contributed by atoms with E-state index in [4.69, 9.17) is 15.0 Å². The second-order valence-corrected chi connectivity index (χ2v) is 11.2. The summed E-state index contributed by atoms with van der Waals surface area (Å²) in [6.45, 7) is 0. The third kappa shape index (κ3) is 3.04. The molecule has 186 valence electrons. The van der Waals surface area contributed by atoms with Crippen molar-refractivity contribution in [1.82, 2.24) is 19.5 Å². The van der Waals surface area contributed by atoms with E-state index in [1.165, 1.54) is 20.2 Å². The van der Waals surface area contributed by atoms with E-state index in [-0.39, 0.29) is 0 Å². The summed E-state index contributed by atoms with van der Waals surface area (Å²) in [5.41, 5.74) is 6.05. The van der Waals surface area contributed by atoms with Crippen LogP contribution in [0.1, 0.15) is 0 Å². The van der Waals surface area contributed by atoms with Gasteiger partial charge in [0.25, 0.3) is 0 Å². The summed E-state index contributed by atoms with van der Waals surface area (Å²) >= 11 is 1.82. The highest BCUT2D eigenvalue weighted by Crippen LogP contribution is 2.42. The van der Waals surface area contributed by atoms with Gasteiger partial charge in [0.1, 0.15) is 5.82 Å². The van der Waals surface area contributed by atoms with Crippen molar-refractivity contribution in [3.8, 4) is 28.6 Å². The van der Waals surface area contributed by atoms with Crippen LogP contribution in [0.5, 0.6) is 0 Å². The Morgan fingerprint density at radius 2 is 1.23 bits per heavy atom. The number of hydrogen-bond donors (Lipinski definition) is 0. The van der Waals surface area contributed by atoms with E-state index in [2.05, 4.69) is 114 Å². The van der Waals surface area contributed by atoms with Crippen LogP contribution in [-0.4, -0.2) is 19.5 Å². The summed E-state index contributed by atoms with van der Waals surface area (Å²) in [5, 5.41) is 5.78. The van der Waals surface area contributed by atoms with Crippen LogP contribution in [0.25, 0.3) is 81.5 Å². The van der Waals surface area contributed by atoms with Gasteiger partial charge in [-0.1, -0.05) is 84.9 Å². The smallest absolute Gasteiger partial charge is 0.237 e. The van der Waals surface area contributed by atoms with Gasteiger partial charge in [-0.3, -0.25) is 4.57 Å². The highest BCUT2D eigenvalue weighted by Gasteiger charge is 2.22.